The molecule has 3 N–H and O–H groups in total. The van der Waals surface area contributed by atoms with Gasteiger partial charge < -0.3 is 19.6 Å². The molecule has 0 saturated heterocycles. The number of carbonyl (C=O) groups excluding carboxylic acids is 1. The van der Waals surface area contributed by atoms with E-state index in [2.05, 4.69) is 32.2 Å². The Morgan fingerprint density at radius 1 is 1.24 bits per heavy atom. The van der Waals surface area contributed by atoms with Gasteiger partial charge in [0.15, 0.2) is 11.2 Å². The highest BCUT2D eigenvalue weighted by atomic mass is 16.5. The third kappa shape index (κ3) is 3.22. The quantitative estimate of drug-likeness (QED) is 0.724. The third-order valence-electron chi connectivity index (χ3n) is 5.55. The fraction of sp³-hybridized carbons (Fsp3) is 0.400. The monoisotopic (exact) mass is 394 g/mol. The molecule has 0 bridgehead atoms. The Balaban J connectivity index is 1.44. The van der Waals surface area contributed by atoms with Gasteiger partial charge in [-0.05, 0) is 38.7 Å². The van der Waals surface area contributed by atoms with E-state index in [1.165, 1.54) is 6.26 Å². The summed E-state index contributed by atoms with van der Waals surface area (Å²) in [6.07, 6.45) is 11.1. The van der Waals surface area contributed by atoms with E-state index in [4.69, 9.17) is 13.9 Å². The number of oxazole rings is 1. The van der Waals surface area contributed by atoms with Crippen LogP contribution in [0.4, 0.5) is 11.8 Å². The van der Waals surface area contributed by atoms with Crippen molar-refractivity contribution in [1.82, 2.24) is 15.5 Å². The summed E-state index contributed by atoms with van der Waals surface area (Å²) in [7, 11) is 0. The molecule has 0 atom stereocenters. The Kier molecular flexibility index (Phi) is 4.22. The molecule has 2 aromatic rings. The lowest BCUT2D eigenvalue weighted by Crippen LogP contribution is -2.45. The van der Waals surface area contributed by atoms with Crippen LogP contribution in [0.1, 0.15) is 45.4 Å². The predicted octanol–water partition coefficient (Wildman–Crippen LogP) is 1.61. The lowest BCUT2D eigenvalue weighted by atomic mass is 9.85. The van der Waals surface area contributed by atoms with Crippen molar-refractivity contribution in [1.29, 1.82) is 0 Å². The molecule has 3 heterocycles. The van der Waals surface area contributed by atoms with Crippen LogP contribution in [-0.2, 0) is 4.79 Å². The number of carbonyl (C=O) groups is 1. The van der Waals surface area contributed by atoms with Crippen LogP contribution >= 0.6 is 0 Å². The molecule has 5 rings (SSSR count). The van der Waals surface area contributed by atoms with Gasteiger partial charge in [0.05, 0.1) is 11.1 Å². The van der Waals surface area contributed by atoms with Crippen LogP contribution in [0.3, 0.4) is 0 Å². The SMILES string of the molecule is CC1=C(C(=O)Nc2ccon2)C2(CCCC2)N=C(Nc2nc3c(o2)=CCCC=3)N1. The highest BCUT2D eigenvalue weighted by Crippen LogP contribution is 2.42. The van der Waals surface area contributed by atoms with Crippen LogP contribution in [0.5, 0.6) is 0 Å². The summed E-state index contributed by atoms with van der Waals surface area (Å²) in [6.45, 7) is 1.89. The van der Waals surface area contributed by atoms with Crippen LogP contribution in [-0.4, -0.2) is 27.5 Å². The van der Waals surface area contributed by atoms with Crippen LogP contribution in [0.25, 0.3) is 12.2 Å². The minimum Gasteiger partial charge on any atom is -0.424 e. The Hall–Kier alpha value is -3.36. The zero-order valence-corrected chi connectivity index (χ0v) is 16.1. The Morgan fingerprint density at radius 3 is 2.83 bits per heavy atom. The smallest absolute Gasteiger partial charge is 0.302 e. The van der Waals surface area contributed by atoms with Gasteiger partial charge in [0.25, 0.3) is 5.91 Å². The summed E-state index contributed by atoms with van der Waals surface area (Å²) >= 11 is 0. The van der Waals surface area contributed by atoms with Gasteiger partial charge in [-0.1, -0.05) is 24.1 Å². The van der Waals surface area contributed by atoms with E-state index in [0.717, 1.165) is 55.0 Å². The number of aliphatic imine (C=N–C) groups is 1. The number of nitrogens with one attached hydrogen (secondary N) is 3. The maximum absolute atomic E-state index is 13.0. The maximum Gasteiger partial charge on any atom is 0.302 e. The van der Waals surface area contributed by atoms with Gasteiger partial charge in [-0.2, -0.15) is 4.98 Å². The summed E-state index contributed by atoms with van der Waals surface area (Å²) in [6, 6.07) is 2.01. The maximum atomic E-state index is 13.0. The average molecular weight is 394 g/mol. The first-order chi connectivity index (χ1) is 14.1. The van der Waals surface area contributed by atoms with Crippen LogP contribution in [0.2, 0.25) is 0 Å². The van der Waals surface area contributed by atoms with Crippen molar-refractivity contribution in [3.05, 3.63) is 34.4 Å². The van der Waals surface area contributed by atoms with Crippen LogP contribution < -0.4 is 26.7 Å². The normalized spacial score (nSPS) is 19.7. The second-order valence-electron chi connectivity index (χ2n) is 7.54. The largest absolute Gasteiger partial charge is 0.424 e. The Labute approximate surface area is 166 Å². The molecule has 2 aromatic heterocycles. The number of guanidine groups is 1. The Morgan fingerprint density at radius 2 is 2.07 bits per heavy atom. The molecule has 0 radical (unpaired) electrons. The lowest BCUT2D eigenvalue weighted by molar-refractivity contribution is -0.113. The highest BCUT2D eigenvalue weighted by molar-refractivity contribution is 6.08. The molecular weight excluding hydrogens is 372 g/mol. The van der Waals surface area contributed by atoms with Crippen LogP contribution in [0, 0.1) is 0 Å². The van der Waals surface area contributed by atoms with Crippen molar-refractivity contribution < 1.29 is 13.7 Å². The molecule has 1 spiro atoms. The van der Waals surface area contributed by atoms with E-state index >= 15 is 0 Å². The van der Waals surface area contributed by atoms with Gasteiger partial charge in [0, 0.05) is 11.8 Å². The molecule has 0 unspecified atom stereocenters. The topological polar surface area (TPSA) is 118 Å². The molecule has 9 nitrogen and oxygen atoms in total. The fourth-order valence-electron chi connectivity index (χ4n) is 4.33. The number of rotatable bonds is 3. The van der Waals surface area contributed by atoms with Crippen molar-refractivity contribution in [3.63, 3.8) is 0 Å². The zero-order chi connectivity index (χ0) is 19.8. The van der Waals surface area contributed by atoms with Gasteiger partial charge in [-0.15, -0.1) is 0 Å². The van der Waals surface area contributed by atoms with Gasteiger partial charge >= 0.3 is 6.01 Å². The lowest BCUT2D eigenvalue weighted by Gasteiger charge is -2.33. The molecule has 3 aliphatic rings. The second kappa shape index (κ2) is 6.91. The standard InChI is InChI=1S/C20H22N6O3/c1-12-16(17(27)23-15-8-11-28-26-15)20(9-4-5-10-20)25-18(21-12)24-19-22-13-6-2-3-7-14(13)29-19/h6-8,11H,2-5,9-10H2,1H3,(H,23,26,27)(H2,21,22,24,25). The van der Waals surface area contributed by atoms with E-state index < -0.39 is 5.54 Å². The number of nitrogens with zero attached hydrogens (tertiary/aromatic N) is 3. The van der Waals surface area contributed by atoms with E-state index in [9.17, 15) is 4.79 Å². The summed E-state index contributed by atoms with van der Waals surface area (Å²) in [4.78, 5) is 22.4. The van der Waals surface area contributed by atoms with Crippen molar-refractivity contribution >= 4 is 35.9 Å². The summed E-state index contributed by atoms with van der Waals surface area (Å²) < 4.78 is 10.6. The van der Waals surface area contributed by atoms with Crippen LogP contribution in [0.15, 0.2) is 37.5 Å². The van der Waals surface area contributed by atoms with E-state index in [0.29, 0.717) is 23.4 Å². The molecule has 29 heavy (non-hydrogen) atoms. The van der Waals surface area contributed by atoms with Crippen molar-refractivity contribution in [2.75, 3.05) is 10.6 Å². The highest BCUT2D eigenvalue weighted by Gasteiger charge is 2.44. The van der Waals surface area contributed by atoms with Gasteiger partial charge in [-0.3, -0.25) is 10.1 Å². The molecule has 1 saturated carbocycles. The van der Waals surface area contributed by atoms with E-state index in [-0.39, 0.29) is 5.91 Å². The van der Waals surface area contributed by atoms with E-state index in [1.54, 1.807) is 6.07 Å². The molecule has 9 heteroatoms. The second-order valence-corrected chi connectivity index (χ2v) is 7.54. The van der Waals surface area contributed by atoms with Crippen molar-refractivity contribution in [2.24, 2.45) is 4.99 Å². The van der Waals surface area contributed by atoms with Gasteiger partial charge in [-0.25, -0.2) is 4.99 Å². The number of hydrogen-bond acceptors (Lipinski definition) is 8. The summed E-state index contributed by atoms with van der Waals surface area (Å²) in [5.41, 5.74) is 1.60. The molecule has 1 aliphatic heterocycles. The number of allylic oxidation sites excluding steroid dienone is 1. The first-order valence-corrected chi connectivity index (χ1v) is 9.87. The Bertz CT molecular complexity index is 1090. The first-order valence-electron chi connectivity index (χ1n) is 9.87. The molecule has 150 valence electrons. The molecule has 0 aromatic carbocycles. The molecule has 1 amide bonds. The summed E-state index contributed by atoms with van der Waals surface area (Å²) in [5.74, 6) is 0.708. The fourth-order valence-corrected chi connectivity index (χ4v) is 4.33. The minimum absolute atomic E-state index is 0.218. The first kappa shape index (κ1) is 17.7. The predicted molar refractivity (Wildman–Crippen MR) is 107 cm³/mol. The zero-order valence-electron chi connectivity index (χ0n) is 16.1. The average Bonchev–Trinajstić information content (AvgIpc) is 3.42. The summed E-state index contributed by atoms with van der Waals surface area (Å²) in [5, 5.41) is 13.8. The van der Waals surface area contributed by atoms with Gasteiger partial charge in [0.2, 0.25) is 5.96 Å². The van der Waals surface area contributed by atoms with E-state index in [1.807, 2.05) is 13.0 Å². The number of anilines is 2. The number of hydrogen-bond donors (Lipinski definition) is 3. The molecule has 2 aliphatic carbocycles. The molecular formula is C20H22N6O3. The van der Waals surface area contributed by atoms with Crippen molar-refractivity contribution in [3.8, 4) is 0 Å². The third-order valence-corrected chi connectivity index (χ3v) is 5.55. The van der Waals surface area contributed by atoms with Gasteiger partial charge in [0.1, 0.15) is 11.6 Å². The molecule has 1 fully saturated rings. The van der Waals surface area contributed by atoms with Crippen molar-refractivity contribution in [2.45, 2.75) is 51.0 Å². The number of fused-ring (bicyclic) bond motifs is 1. The number of aromatic nitrogens is 2. The number of amides is 1. The minimum atomic E-state index is -0.573.